The highest BCUT2D eigenvalue weighted by molar-refractivity contribution is 5.30. The predicted octanol–water partition coefficient (Wildman–Crippen LogP) is 3.02. The van der Waals surface area contributed by atoms with E-state index in [1.54, 1.807) is 6.33 Å². The molecule has 0 saturated carbocycles. The van der Waals surface area contributed by atoms with Crippen LogP contribution in [0.2, 0.25) is 0 Å². The second-order valence-corrected chi connectivity index (χ2v) is 6.96. The Morgan fingerprint density at radius 1 is 1.04 bits per heavy atom. The monoisotopic (exact) mass is 347 g/mol. The summed E-state index contributed by atoms with van der Waals surface area (Å²) in [5.74, 6) is 0. The van der Waals surface area contributed by atoms with Crippen molar-refractivity contribution in [2.45, 2.75) is 19.5 Å². The van der Waals surface area contributed by atoms with Gasteiger partial charge in [-0.25, -0.2) is 4.98 Å². The minimum absolute atomic E-state index is 0.214. The molecule has 5 heteroatoms. The van der Waals surface area contributed by atoms with E-state index in [1.807, 2.05) is 18.5 Å². The zero-order valence-electron chi connectivity index (χ0n) is 15.2. The highest BCUT2D eigenvalue weighted by Gasteiger charge is 2.27. The third-order valence-corrected chi connectivity index (χ3v) is 5.08. The molecule has 1 saturated heterocycles. The number of nitrogens with zero attached hydrogens (tertiary/aromatic N) is 4. The third-order valence-electron chi connectivity index (χ3n) is 5.08. The molecule has 1 aliphatic rings. The van der Waals surface area contributed by atoms with Crippen LogP contribution in [0.5, 0.6) is 0 Å². The number of aromatic nitrogens is 3. The van der Waals surface area contributed by atoms with Crippen molar-refractivity contribution in [2.24, 2.45) is 0 Å². The van der Waals surface area contributed by atoms with Gasteiger partial charge in [0, 0.05) is 50.8 Å². The number of aryl methyl sites for hydroxylation is 1. The second kappa shape index (κ2) is 7.81. The number of nitrogens with one attached hydrogen (secondary N) is 1. The molecule has 1 aliphatic heterocycles. The van der Waals surface area contributed by atoms with Crippen LogP contribution in [-0.4, -0.2) is 50.9 Å². The van der Waals surface area contributed by atoms with E-state index in [4.69, 9.17) is 0 Å². The maximum atomic E-state index is 4.66. The molecule has 3 aromatic rings. The zero-order valence-corrected chi connectivity index (χ0v) is 15.2. The van der Waals surface area contributed by atoms with Crippen molar-refractivity contribution >= 4 is 0 Å². The maximum Gasteiger partial charge on any atom is 0.0922 e. The van der Waals surface area contributed by atoms with E-state index in [0.29, 0.717) is 0 Å². The first-order valence-electron chi connectivity index (χ1n) is 9.21. The van der Waals surface area contributed by atoms with Gasteiger partial charge in [0.25, 0.3) is 0 Å². The van der Waals surface area contributed by atoms with Crippen molar-refractivity contribution in [1.82, 2.24) is 24.8 Å². The summed E-state index contributed by atoms with van der Waals surface area (Å²) in [7, 11) is 0. The van der Waals surface area contributed by atoms with Crippen LogP contribution < -0.4 is 0 Å². The number of aromatic amines is 1. The first-order chi connectivity index (χ1) is 12.8. The van der Waals surface area contributed by atoms with Gasteiger partial charge in [-0.3, -0.25) is 14.8 Å². The summed E-state index contributed by atoms with van der Waals surface area (Å²) < 4.78 is 0. The molecule has 1 aromatic carbocycles. The van der Waals surface area contributed by atoms with E-state index in [0.717, 1.165) is 38.4 Å². The number of benzene rings is 1. The Labute approximate surface area is 154 Å². The van der Waals surface area contributed by atoms with Crippen molar-refractivity contribution in [1.29, 1.82) is 0 Å². The lowest BCUT2D eigenvalue weighted by molar-refractivity contribution is 0.103. The molecule has 0 bridgehead atoms. The van der Waals surface area contributed by atoms with Crippen molar-refractivity contribution in [3.8, 4) is 0 Å². The van der Waals surface area contributed by atoms with Gasteiger partial charge in [-0.05, 0) is 24.6 Å². The van der Waals surface area contributed by atoms with Crippen molar-refractivity contribution in [2.75, 3.05) is 26.2 Å². The number of H-pyrrole nitrogens is 1. The van der Waals surface area contributed by atoms with E-state index >= 15 is 0 Å². The Morgan fingerprint density at radius 3 is 2.50 bits per heavy atom. The van der Waals surface area contributed by atoms with E-state index in [1.165, 1.54) is 16.8 Å². The van der Waals surface area contributed by atoms with E-state index in [9.17, 15) is 0 Å². The molecular weight excluding hydrogens is 322 g/mol. The smallest absolute Gasteiger partial charge is 0.0922 e. The Morgan fingerprint density at radius 2 is 1.85 bits per heavy atom. The summed E-state index contributed by atoms with van der Waals surface area (Å²) in [5, 5.41) is 0. The summed E-state index contributed by atoms with van der Waals surface area (Å²) in [6.07, 6.45) is 5.56. The standard InChI is InChI=1S/C21H25N5/c1-17-5-7-18(8-6-17)21(20-4-2-3-9-23-20)26-12-10-25(11-13-26)15-19-14-22-16-24-19/h2-9,14,16,21H,10-13,15H2,1H3,(H,22,24). The van der Waals surface area contributed by atoms with Gasteiger partial charge < -0.3 is 4.98 Å². The van der Waals surface area contributed by atoms with E-state index in [2.05, 4.69) is 68.1 Å². The summed E-state index contributed by atoms with van der Waals surface area (Å²) >= 11 is 0. The van der Waals surface area contributed by atoms with Crippen molar-refractivity contribution in [3.63, 3.8) is 0 Å². The quantitative estimate of drug-likeness (QED) is 0.771. The number of rotatable bonds is 5. The minimum Gasteiger partial charge on any atom is -0.347 e. The van der Waals surface area contributed by atoms with Gasteiger partial charge in [0.1, 0.15) is 0 Å². The van der Waals surface area contributed by atoms with Crippen molar-refractivity contribution < 1.29 is 0 Å². The average Bonchev–Trinajstić information content (AvgIpc) is 3.19. The molecule has 1 N–H and O–H groups in total. The Kier molecular flexibility index (Phi) is 5.09. The molecule has 1 unspecified atom stereocenters. The van der Waals surface area contributed by atoms with Crippen LogP contribution in [0.1, 0.15) is 28.6 Å². The molecule has 4 rings (SSSR count). The summed E-state index contributed by atoms with van der Waals surface area (Å²) in [6.45, 7) is 7.23. The molecule has 2 aromatic heterocycles. The van der Waals surface area contributed by atoms with E-state index < -0.39 is 0 Å². The molecule has 0 amide bonds. The van der Waals surface area contributed by atoms with Crippen LogP contribution >= 0.6 is 0 Å². The molecule has 134 valence electrons. The molecule has 0 radical (unpaired) electrons. The second-order valence-electron chi connectivity index (χ2n) is 6.96. The van der Waals surface area contributed by atoms with Gasteiger partial charge in [0.05, 0.1) is 18.1 Å². The summed E-state index contributed by atoms with van der Waals surface area (Å²) in [4.78, 5) is 17.0. The lowest BCUT2D eigenvalue weighted by Crippen LogP contribution is -2.47. The van der Waals surface area contributed by atoms with Crippen LogP contribution in [0.15, 0.2) is 61.2 Å². The molecule has 0 aliphatic carbocycles. The lowest BCUT2D eigenvalue weighted by Gasteiger charge is -2.39. The summed E-state index contributed by atoms with van der Waals surface area (Å²) in [5.41, 5.74) is 4.91. The van der Waals surface area contributed by atoms with Gasteiger partial charge in [-0.15, -0.1) is 0 Å². The maximum absolute atomic E-state index is 4.66. The lowest BCUT2D eigenvalue weighted by atomic mass is 9.99. The summed E-state index contributed by atoms with van der Waals surface area (Å²) in [6, 6.07) is 15.3. The topological polar surface area (TPSA) is 48.1 Å². The Balaban J connectivity index is 1.51. The molecule has 5 nitrogen and oxygen atoms in total. The number of piperazine rings is 1. The SMILES string of the molecule is Cc1ccc(C(c2ccccn2)N2CCN(Cc3cnc[nH]3)CC2)cc1. The van der Waals surface area contributed by atoms with Gasteiger partial charge in [0.15, 0.2) is 0 Å². The van der Waals surface area contributed by atoms with Crippen LogP contribution in [0.4, 0.5) is 0 Å². The molecule has 3 heterocycles. The Bertz CT molecular complexity index is 790. The van der Waals surface area contributed by atoms with Gasteiger partial charge >= 0.3 is 0 Å². The number of hydrogen-bond donors (Lipinski definition) is 1. The Hall–Kier alpha value is -2.50. The first-order valence-corrected chi connectivity index (χ1v) is 9.21. The van der Waals surface area contributed by atoms with Crippen LogP contribution in [0.25, 0.3) is 0 Å². The van der Waals surface area contributed by atoms with Crippen LogP contribution in [0, 0.1) is 6.92 Å². The van der Waals surface area contributed by atoms with Gasteiger partial charge in [0.2, 0.25) is 0 Å². The normalized spacial score (nSPS) is 17.3. The number of hydrogen-bond acceptors (Lipinski definition) is 4. The minimum atomic E-state index is 0.214. The number of imidazole rings is 1. The first kappa shape index (κ1) is 16.9. The van der Waals surface area contributed by atoms with Crippen LogP contribution in [0.3, 0.4) is 0 Å². The molecule has 0 spiro atoms. The van der Waals surface area contributed by atoms with Crippen LogP contribution in [-0.2, 0) is 6.54 Å². The average molecular weight is 347 g/mol. The van der Waals surface area contributed by atoms with E-state index in [-0.39, 0.29) is 6.04 Å². The molecule has 1 atom stereocenters. The third kappa shape index (κ3) is 3.84. The highest BCUT2D eigenvalue weighted by Crippen LogP contribution is 2.28. The molecule has 1 fully saturated rings. The fourth-order valence-electron chi connectivity index (χ4n) is 3.65. The van der Waals surface area contributed by atoms with Crippen molar-refractivity contribution in [3.05, 3.63) is 83.7 Å². The zero-order chi connectivity index (χ0) is 17.8. The largest absolute Gasteiger partial charge is 0.347 e. The predicted molar refractivity (Wildman–Crippen MR) is 103 cm³/mol. The number of pyridine rings is 1. The van der Waals surface area contributed by atoms with Gasteiger partial charge in [-0.2, -0.15) is 0 Å². The highest BCUT2D eigenvalue weighted by atomic mass is 15.3. The molecular formula is C21H25N5. The molecule has 26 heavy (non-hydrogen) atoms. The fraction of sp³-hybridized carbons (Fsp3) is 0.333. The van der Waals surface area contributed by atoms with Gasteiger partial charge in [-0.1, -0.05) is 35.9 Å². The fourth-order valence-corrected chi connectivity index (χ4v) is 3.65.